The summed E-state index contributed by atoms with van der Waals surface area (Å²) in [6.45, 7) is 2.01. The molecule has 1 aromatic heterocycles. The lowest BCUT2D eigenvalue weighted by atomic mass is 10.2. The van der Waals surface area contributed by atoms with Gasteiger partial charge in [0, 0.05) is 25.0 Å². The van der Waals surface area contributed by atoms with Crippen LogP contribution in [0.15, 0.2) is 27.5 Å². The standard InChI is InChI=1S/C14H13ClN4O4S/c1-9-17-18-14(23-9)12-8-19(4-5-22-12)24(20,21)13-3-2-11(15)6-10(13)7-16/h2-3,6,12H,4-5,8H2,1H3. The molecule has 0 spiro atoms. The lowest BCUT2D eigenvalue weighted by molar-refractivity contribution is -0.0176. The van der Waals surface area contributed by atoms with Gasteiger partial charge in [0.25, 0.3) is 0 Å². The average Bonchev–Trinajstić information content (AvgIpc) is 3.01. The minimum atomic E-state index is -3.87. The normalized spacial score (nSPS) is 19.1. The van der Waals surface area contributed by atoms with E-state index in [1.807, 2.05) is 6.07 Å². The average molecular weight is 369 g/mol. The molecule has 1 aliphatic rings. The Balaban J connectivity index is 1.91. The Hall–Kier alpha value is -1.99. The van der Waals surface area contributed by atoms with Gasteiger partial charge in [-0.25, -0.2) is 8.42 Å². The summed E-state index contributed by atoms with van der Waals surface area (Å²) < 4.78 is 37.8. The number of hydrogen-bond acceptors (Lipinski definition) is 7. The van der Waals surface area contributed by atoms with E-state index in [4.69, 9.17) is 20.8 Å². The number of nitrogens with zero attached hydrogens (tertiary/aromatic N) is 4. The second-order valence-corrected chi connectivity index (χ2v) is 7.48. The van der Waals surface area contributed by atoms with Gasteiger partial charge in [0.05, 0.1) is 12.2 Å². The first-order valence-corrected chi connectivity index (χ1v) is 8.85. The zero-order valence-electron chi connectivity index (χ0n) is 12.6. The van der Waals surface area contributed by atoms with Gasteiger partial charge in [-0.15, -0.1) is 10.2 Å². The van der Waals surface area contributed by atoms with Crippen LogP contribution in [-0.2, 0) is 14.8 Å². The number of aryl methyl sites for hydroxylation is 1. The number of aromatic nitrogens is 2. The van der Waals surface area contributed by atoms with Crippen LogP contribution in [0, 0.1) is 18.3 Å². The van der Waals surface area contributed by atoms with E-state index in [2.05, 4.69) is 10.2 Å². The summed E-state index contributed by atoms with van der Waals surface area (Å²) in [5.74, 6) is 0.599. The van der Waals surface area contributed by atoms with E-state index in [0.29, 0.717) is 10.9 Å². The van der Waals surface area contributed by atoms with Gasteiger partial charge < -0.3 is 9.15 Å². The van der Waals surface area contributed by atoms with Crippen LogP contribution in [-0.4, -0.2) is 42.6 Å². The number of nitriles is 1. The second-order valence-electron chi connectivity index (χ2n) is 5.13. The molecule has 1 aromatic carbocycles. The number of ether oxygens (including phenoxy) is 1. The summed E-state index contributed by atoms with van der Waals surface area (Å²) in [6, 6.07) is 5.96. The van der Waals surface area contributed by atoms with Crippen molar-refractivity contribution in [3.05, 3.63) is 40.6 Å². The predicted molar refractivity (Wildman–Crippen MR) is 82.7 cm³/mol. The van der Waals surface area contributed by atoms with E-state index in [9.17, 15) is 13.7 Å². The number of morpholine rings is 1. The minimum Gasteiger partial charge on any atom is -0.423 e. The fraction of sp³-hybridized carbons (Fsp3) is 0.357. The maximum absolute atomic E-state index is 12.9. The molecule has 0 bridgehead atoms. The Morgan fingerprint density at radius 2 is 2.21 bits per heavy atom. The summed E-state index contributed by atoms with van der Waals surface area (Å²) in [5.41, 5.74) is -0.000762. The highest BCUT2D eigenvalue weighted by molar-refractivity contribution is 7.89. The molecule has 10 heteroatoms. The van der Waals surface area contributed by atoms with Crippen LogP contribution in [0.25, 0.3) is 0 Å². The van der Waals surface area contributed by atoms with Crippen LogP contribution in [0.4, 0.5) is 0 Å². The zero-order valence-corrected chi connectivity index (χ0v) is 14.2. The maximum Gasteiger partial charge on any atom is 0.246 e. The van der Waals surface area contributed by atoms with Crippen molar-refractivity contribution < 1.29 is 17.6 Å². The number of hydrogen-bond donors (Lipinski definition) is 0. The topological polar surface area (TPSA) is 109 Å². The highest BCUT2D eigenvalue weighted by Gasteiger charge is 2.35. The molecule has 2 heterocycles. The van der Waals surface area contributed by atoms with Gasteiger partial charge in [-0.3, -0.25) is 0 Å². The van der Waals surface area contributed by atoms with E-state index in [1.165, 1.54) is 22.5 Å². The molecule has 24 heavy (non-hydrogen) atoms. The Bertz CT molecular complexity index is 906. The van der Waals surface area contributed by atoms with Gasteiger partial charge in [0.1, 0.15) is 17.1 Å². The molecule has 0 amide bonds. The number of benzene rings is 1. The van der Waals surface area contributed by atoms with Gasteiger partial charge in [0.15, 0.2) is 0 Å². The summed E-state index contributed by atoms with van der Waals surface area (Å²) in [5, 5.41) is 17.1. The number of halogens is 1. The molecule has 0 N–H and O–H groups in total. The first kappa shape index (κ1) is 16.9. The Kier molecular flexibility index (Phi) is 4.56. The molecule has 1 saturated heterocycles. The molecular formula is C14H13ClN4O4S. The fourth-order valence-corrected chi connectivity index (χ4v) is 4.11. The molecule has 1 fully saturated rings. The van der Waals surface area contributed by atoms with Crippen LogP contribution >= 0.6 is 11.6 Å². The lowest BCUT2D eigenvalue weighted by Crippen LogP contribution is -2.42. The molecule has 2 aromatic rings. The van der Waals surface area contributed by atoms with Crippen molar-refractivity contribution in [1.29, 1.82) is 5.26 Å². The molecule has 8 nitrogen and oxygen atoms in total. The third-order valence-electron chi connectivity index (χ3n) is 3.53. The molecule has 3 rings (SSSR count). The van der Waals surface area contributed by atoms with Crippen molar-refractivity contribution in [3.8, 4) is 6.07 Å². The maximum atomic E-state index is 12.9. The largest absolute Gasteiger partial charge is 0.423 e. The molecule has 0 radical (unpaired) electrons. The quantitative estimate of drug-likeness (QED) is 0.810. The van der Waals surface area contributed by atoms with Gasteiger partial charge in [-0.2, -0.15) is 9.57 Å². The smallest absolute Gasteiger partial charge is 0.246 e. The zero-order chi connectivity index (χ0) is 17.3. The molecule has 0 saturated carbocycles. The molecule has 0 aliphatic carbocycles. The summed E-state index contributed by atoms with van der Waals surface area (Å²) in [6.07, 6.45) is -0.646. The van der Waals surface area contributed by atoms with Gasteiger partial charge >= 0.3 is 0 Å². The highest BCUT2D eigenvalue weighted by atomic mass is 35.5. The minimum absolute atomic E-state index is 0.000762. The Morgan fingerprint density at radius 3 is 2.88 bits per heavy atom. The molecule has 1 atom stereocenters. The van der Waals surface area contributed by atoms with Crippen LogP contribution in [0.2, 0.25) is 5.02 Å². The fourth-order valence-electron chi connectivity index (χ4n) is 2.39. The molecule has 126 valence electrons. The van der Waals surface area contributed by atoms with Crippen LogP contribution < -0.4 is 0 Å². The Morgan fingerprint density at radius 1 is 1.42 bits per heavy atom. The summed E-state index contributed by atoms with van der Waals surface area (Å²) in [4.78, 5) is -0.0863. The van der Waals surface area contributed by atoms with Gasteiger partial charge in [-0.1, -0.05) is 11.6 Å². The highest BCUT2D eigenvalue weighted by Crippen LogP contribution is 2.28. The lowest BCUT2D eigenvalue weighted by Gasteiger charge is -2.30. The van der Waals surface area contributed by atoms with Gasteiger partial charge in [-0.05, 0) is 18.2 Å². The van der Waals surface area contributed by atoms with Crippen molar-refractivity contribution in [2.45, 2.75) is 17.9 Å². The summed E-state index contributed by atoms with van der Waals surface area (Å²) >= 11 is 5.83. The van der Waals surface area contributed by atoms with E-state index >= 15 is 0 Å². The van der Waals surface area contributed by atoms with Crippen LogP contribution in [0.1, 0.15) is 23.4 Å². The molecule has 1 aliphatic heterocycles. The third kappa shape index (κ3) is 3.14. The van der Waals surface area contributed by atoms with Gasteiger partial charge in [0.2, 0.25) is 21.8 Å². The van der Waals surface area contributed by atoms with Crippen molar-refractivity contribution in [2.75, 3.05) is 19.7 Å². The van der Waals surface area contributed by atoms with Crippen molar-refractivity contribution in [2.24, 2.45) is 0 Å². The summed E-state index contributed by atoms with van der Waals surface area (Å²) in [7, 11) is -3.87. The number of rotatable bonds is 3. The predicted octanol–water partition coefficient (Wildman–Crippen LogP) is 1.67. The SMILES string of the molecule is Cc1nnc(C2CN(S(=O)(=O)c3ccc(Cl)cc3C#N)CCO2)o1. The Labute approximate surface area is 143 Å². The molecular weight excluding hydrogens is 356 g/mol. The van der Waals surface area contributed by atoms with Crippen LogP contribution in [0.5, 0.6) is 0 Å². The van der Waals surface area contributed by atoms with E-state index in [-0.39, 0.29) is 36.0 Å². The number of sulfonamides is 1. The monoisotopic (exact) mass is 368 g/mol. The van der Waals surface area contributed by atoms with E-state index in [1.54, 1.807) is 6.92 Å². The molecule has 1 unspecified atom stereocenters. The van der Waals surface area contributed by atoms with Crippen molar-refractivity contribution >= 4 is 21.6 Å². The third-order valence-corrected chi connectivity index (χ3v) is 5.68. The first-order valence-electron chi connectivity index (χ1n) is 7.03. The van der Waals surface area contributed by atoms with Crippen molar-refractivity contribution in [1.82, 2.24) is 14.5 Å². The van der Waals surface area contributed by atoms with Crippen LogP contribution in [0.3, 0.4) is 0 Å². The first-order chi connectivity index (χ1) is 11.4. The van der Waals surface area contributed by atoms with Crippen molar-refractivity contribution in [3.63, 3.8) is 0 Å². The second kappa shape index (κ2) is 6.49. The van der Waals surface area contributed by atoms with E-state index in [0.717, 1.165) is 0 Å². The van der Waals surface area contributed by atoms with E-state index < -0.39 is 16.1 Å².